The van der Waals surface area contributed by atoms with Crippen LogP contribution in [0.2, 0.25) is 0 Å². The van der Waals surface area contributed by atoms with Gasteiger partial charge in [0.2, 0.25) is 5.91 Å². The number of nitrogens with one attached hydrogen (secondary N) is 1. The Labute approximate surface area is 116 Å². The average Bonchev–Trinajstić information content (AvgIpc) is 2.45. The summed E-state index contributed by atoms with van der Waals surface area (Å²) in [6, 6.07) is 12.6. The van der Waals surface area contributed by atoms with E-state index in [-0.39, 0.29) is 30.5 Å². The van der Waals surface area contributed by atoms with E-state index < -0.39 is 0 Å². The second-order valence-corrected chi connectivity index (χ2v) is 4.46. The number of carbonyl (C=O) groups is 1. The lowest BCUT2D eigenvalue weighted by atomic mass is 10.1. The zero-order valence-corrected chi connectivity index (χ0v) is 10.9. The lowest BCUT2D eigenvalue weighted by molar-refractivity contribution is -0.121. The first-order valence-corrected chi connectivity index (χ1v) is 6.40. The van der Waals surface area contributed by atoms with E-state index in [1.165, 1.54) is 12.1 Å². The zero-order chi connectivity index (χ0) is 14.4. The highest BCUT2D eigenvalue weighted by molar-refractivity contribution is 5.76. The van der Waals surface area contributed by atoms with Crippen LogP contribution in [0.1, 0.15) is 17.5 Å². The molecule has 0 aliphatic heterocycles. The summed E-state index contributed by atoms with van der Waals surface area (Å²) in [5, 5.41) is 2.63. The summed E-state index contributed by atoms with van der Waals surface area (Å²) in [5.41, 5.74) is 0.945. The Kier molecular flexibility index (Phi) is 4.82. The minimum Gasteiger partial charge on any atom is -0.352 e. The fourth-order valence-corrected chi connectivity index (χ4v) is 1.87. The first kappa shape index (κ1) is 14.2. The molecular formula is C16H15F2NO. The van der Waals surface area contributed by atoms with Gasteiger partial charge in [0, 0.05) is 18.5 Å². The number of rotatable bonds is 5. The largest absolute Gasteiger partial charge is 0.352 e. The molecule has 0 saturated heterocycles. The number of halogens is 2. The molecule has 0 saturated carbocycles. The van der Waals surface area contributed by atoms with Gasteiger partial charge in [0.15, 0.2) is 0 Å². The monoisotopic (exact) mass is 275 g/mol. The van der Waals surface area contributed by atoms with E-state index in [2.05, 4.69) is 5.32 Å². The molecule has 20 heavy (non-hydrogen) atoms. The van der Waals surface area contributed by atoms with Crippen LogP contribution in [0, 0.1) is 11.6 Å². The van der Waals surface area contributed by atoms with Crippen LogP contribution in [0.25, 0.3) is 0 Å². The molecule has 104 valence electrons. The van der Waals surface area contributed by atoms with Crippen LogP contribution < -0.4 is 5.32 Å². The average molecular weight is 275 g/mol. The minimum absolute atomic E-state index is 0.142. The maximum absolute atomic E-state index is 13.4. The van der Waals surface area contributed by atoms with Gasteiger partial charge in [-0.25, -0.2) is 8.78 Å². The Bertz CT molecular complexity index is 547. The highest BCUT2D eigenvalue weighted by Crippen LogP contribution is 2.09. The number of benzene rings is 2. The maximum atomic E-state index is 13.4. The van der Waals surface area contributed by atoms with Crippen molar-refractivity contribution in [2.75, 3.05) is 0 Å². The molecule has 2 rings (SSSR count). The molecule has 0 unspecified atom stereocenters. The van der Waals surface area contributed by atoms with Gasteiger partial charge in [0.25, 0.3) is 0 Å². The van der Waals surface area contributed by atoms with Crippen molar-refractivity contribution in [3.05, 3.63) is 71.3 Å². The fraction of sp³-hybridized carbons (Fsp3) is 0.188. The highest BCUT2D eigenvalue weighted by atomic mass is 19.1. The predicted molar refractivity (Wildman–Crippen MR) is 73.0 cm³/mol. The first-order valence-electron chi connectivity index (χ1n) is 6.40. The quantitative estimate of drug-likeness (QED) is 0.892. The van der Waals surface area contributed by atoms with Gasteiger partial charge in [-0.1, -0.05) is 36.4 Å². The highest BCUT2D eigenvalue weighted by Gasteiger charge is 2.07. The van der Waals surface area contributed by atoms with Crippen LogP contribution in [0.15, 0.2) is 48.5 Å². The van der Waals surface area contributed by atoms with E-state index in [0.717, 1.165) is 0 Å². The lowest BCUT2D eigenvalue weighted by Crippen LogP contribution is -2.23. The van der Waals surface area contributed by atoms with Crippen molar-refractivity contribution in [3.8, 4) is 0 Å². The third kappa shape index (κ3) is 3.88. The molecule has 0 bridgehead atoms. The number of carbonyl (C=O) groups excluding carboxylic acids is 1. The van der Waals surface area contributed by atoms with Crippen LogP contribution in [0.5, 0.6) is 0 Å². The second-order valence-electron chi connectivity index (χ2n) is 4.46. The summed E-state index contributed by atoms with van der Waals surface area (Å²) in [4.78, 5) is 11.7. The Hall–Kier alpha value is -2.23. The van der Waals surface area contributed by atoms with E-state index >= 15 is 0 Å². The van der Waals surface area contributed by atoms with Crippen LogP contribution in [-0.4, -0.2) is 5.91 Å². The molecule has 0 aliphatic carbocycles. The van der Waals surface area contributed by atoms with Gasteiger partial charge >= 0.3 is 0 Å². The SMILES string of the molecule is O=C(CCc1ccccc1F)NCc1ccccc1F. The van der Waals surface area contributed by atoms with Crippen molar-refractivity contribution in [1.29, 1.82) is 0 Å². The normalized spacial score (nSPS) is 10.3. The van der Waals surface area contributed by atoms with Crippen molar-refractivity contribution in [2.45, 2.75) is 19.4 Å². The van der Waals surface area contributed by atoms with E-state index in [1.54, 1.807) is 36.4 Å². The standard InChI is InChI=1S/C16H15F2NO/c17-14-7-3-1-5-12(14)9-10-16(20)19-11-13-6-2-4-8-15(13)18/h1-8H,9-11H2,(H,19,20). The maximum Gasteiger partial charge on any atom is 0.220 e. The van der Waals surface area contributed by atoms with Crippen LogP contribution in [0.4, 0.5) is 8.78 Å². The molecule has 2 nitrogen and oxygen atoms in total. The summed E-state index contributed by atoms with van der Waals surface area (Å²) in [7, 11) is 0. The van der Waals surface area contributed by atoms with E-state index in [0.29, 0.717) is 17.5 Å². The Morgan fingerprint density at radius 3 is 2.05 bits per heavy atom. The molecule has 4 heteroatoms. The van der Waals surface area contributed by atoms with Gasteiger partial charge in [-0.3, -0.25) is 4.79 Å². The first-order chi connectivity index (χ1) is 9.66. The Balaban J connectivity index is 1.82. The second kappa shape index (κ2) is 6.80. The van der Waals surface area contributed by atoms with Crippen molar-refractivity contribution >= 4 is 5.91 Å². The van der Waals surface area contributed by atoms with Gasteiger partial charge in [-0.15, -0.1) is 0 Å². The van der Waals surface area contributed by atoms with Gasteiger partial charge in [-0.05, 0) is 24.1 Å². The summed E-state index contributed by atoms with van der Waals surface area (Å²) >= 11 is 0. The molecule has 0 heterocycles. The smallest absolute Gasteiger partial charge is 0.220 e. The summed E-state index contributed by atoms with van der Waals surface area (Å²) < 4.78 is 26.7. The van der Waals surface area contributed by atoms with Gasteiger partial charge in [-0.2, -0.15) is 0 Å². The predicted octanol–water partition coefficient (Wildman–Crippen LogP) is 3.21. The van der Waals surface area contributed by atoms with E-state index in [9.17, 15) is 13.6 Å². The van der Waals surface area contributed by atoms with Crippen molar-refractivity contribution in [1.82, 2.24) is 5.32 Å². The molecule has 0 fully saturated rings. The lowest BCUT2D eigenvalue weighted by Gasteiger charge is -2.06. The van der Waals surface area contributed by atoms with E-state index in [1.807, 2.05) is 0 Å². The van der Waals surface area contributed by atoms with Crippen molar-refractivity contribution in [3.63, 3.8) is 0 Å². The number of hydrogen-bond donors (Lipinski definition) is 1. The molecule has 0 aliphatic rings. The van der Waals surface area contributed by atoms with E-state index in [4.69, 9.17) is 0 Å². The molecule has 0 spiro atoms. The van der Waals surface area contributed by atoms with Gasteiger partial charge < -0.3 is 5.32 Å². The molecule has 1 amide bonds. The molecule has 0 radical (unpaired) electrons. The zero-order valence-electron chi connectivity index (χ0n) is 10.9. The Morgan fingerprint density at radius 2 is 1.45 bits per heavy atom. The number of aryl methyl sites for hydroxylation is 1. The Morgan fingerprint density at radius 1 is 0.900 bits per heavy atom. The molecule has 2 aromatic carbocycles. The van der Waals surface area contributed by atoms with Crippen molar-refractivity contribution < 1.29 is 13.6 Å². The molecule has 0 aromatic heterocycles. The van der Waals surface area contributed by atoms with Gasteiger partial charge in [0.05, 0.1) is 0 Å². The fourth-order valence-electron chi connectivity index (χ4n) is 1.87. The summed E-state index contributed by atoms with van der Waals surface area (Å²) in [6.45, 7) is 0.142. The number of hydrogen-bond acceptors (Lipinski definition) is 1. The molecule has 0 atom stereocenters. The summed E-state index contributed by atoms with van der Waals surface area (Å²) in [5.74, 6) is -0.882. The van der Waals surface area contributed by atoms with Crippen molar-refractivity contribution in [2.24, 2.45) is 0 Å². The minimum atomic E-state index is -0.345. The van der Waals surface area contributed by atoms with Gasteiger partial charge in [0.1, 0.15) is 11.6 Å². The molecular weight excluding hydrogens is 260 g/mol. The van der Waals surface area contributed by atoms with Crippen LogP contribution in [0.3, 0.4) is 0 Å². The third-order valence-electron chi connectivity index (χ3n) is 3.01. The number of amides is 1. The summed E-state index contributed by atoms with van der Waals surface area (Å²) in [6.07, 6.45) is 0.505. The van der Waals surface area contributed by atoms with Crippen LogP contribution in [-0.2, 0) is 17.8 Å². The molecule has 2 aromatic rings. The topological polar surface area (TPSA) is 29.1 Å². The van der Waals surface area contributed by atoms with Crippen LogP contribution >= 0.6 is 0 Å². The third-order valence-corrected chi connectivity index (χ3v) is 3.01. The molecule has 1 N–H and O–H groups in total.